The van der Waals surface area contributed by atoms with Crippen molar-refractivity contribution in [2.24, 2.45) is 5.73 Å². The maximum absolute atomic E-state index is 13.9. The molecule has 224 valence electrons. The highest BCUT2D eigenvalue weighted by Gasteiger charge is 2.35. The largest absolute Gasteiger partial charge is 0.516 e. The molecule has 4 aromatic rings. The fourth-order valence-corrected chi connectivity index (χ4v) is 5.08. The minimum atomic E-state index is -2.09. The number of fused-ring (bicyclic) bond motifs is 3. The number of hydrogen-bond acceptors (Lipinski definition) is 7. The molecule has 17 heteroatoms. The minimum Gasteiger partial charge on any atom is -0.516 e. The zero-order valence-electron chi connectivity index (χ0n) is 26.1. The molecule has 0 bridgehead atoms. The van der Waals surface area contributed by atoms with E-state index in [0.29, 0.717) is 39.4 Å². The van der Waals surface area contributed by atoms with Gasteiger partial charge in [-0.15, -0.1) is 0 Å². The molecular formula is C30H24B6ClN5O5. The second kappa shape index (κ2) is 12.1. The van der Waals surface area contributed by atoms with E-state index < -0.39 is 22.0 Å². The van der Waals surface area contributed by atoms with E-state index in [1.807, 2.05) is 20.8 Å². The number of halogens is 1. The number of hydrogen-bond donors (Lipinski definition) is 1. The van der Waals surface area contributed by atoms with Gasteiger partial charge in [0.2, 0.25) is 5.91 Å². The maximum Gasteiger partial charge on any atom is 0.274 e. The molecule has 1 aliphatic rings. The van der Waals surface area contributed by atoms with Crippen LogP contribution in [0.1, 0.15) is 47.2 Å². The second-order valence-electron chi connectivity index (χ2n) is 12.1. The van der Waals surface area contributed by atoms with E-state index >= 15 is 0 Å². The van der Waals surface area contributed by atoms with Gasteiger partial charge in [0.1, 0.15) is 70.9 Å². The van der Waals surface area contributed by atoms with Crippen LogP contribution in [0.2, 0.25) is 5.02 Å². The Morgan fingerprint density at radius 1 is 0.957 bits per heavy atom. The van der Waals surface area contributed by atoms with Crippen molar-refractivity contribution < 1.29 is 23.8 Å². The van der Waals surface area contributed by atoms with E-state index in [9.17, 15) is 9.59 Å². The average molecular weight is 635 g/mol. The Bertz CT molecular complexity index is 1900. The molecule has 2 aromatic carbocycles. The fraction of sp³-hybridized carbons (Fsp3) is 0.267. The predicted molar refractivity (Wildman–Crippen MR) is 183 cm³/mol. The number of ether oxygens (including phenoxy) is 3. The molecule has 10 nitrogen and oxygen atoms in total. The molecule has 5 rings (SSSR count). The lowest BCUT2D eigenvalue weighted by Crippen LogP contribution is -2.43. The first kappa shape index (κ1) is 34.2. The Balaban J connectivity index is 1.81. The van der Waals surface area contributed by atoms with Crippen molar-refractivity contribution in [3.05, 3.63) is 70.6 Å². The van der Waals surface area contributed by atoms with Crippen molar-refractivity contribution in [2.45, 2.75) is 43.5 Å². The highest BCUT2D eigenvalue weighted by atomic mass is 35.5. The van der Waals surface area contributed by atoms with Crippen molar-refractivity contribution >= 4 is 70.5 Å². The summed E-state index contributed by atoms with van der Waals surface area (Å²) in [7, 11) is 36.2. The maximum atomic E-state index is 13.9. The van der Waals surface area contributed by atoms with Crippen LogP contribution in [0.25, 0.3) is 28.1 Å². The predicted octanol–water partition coefficient (Wildman–Crippen LogP) is 2.11. The Morgan fingerprint density at radius 3 is 2.26 bits per heavy atom. The molecule has 12 radical (unpaired) electrons. The summed E-state index contributed by atoms with van der Waals surface area (Å²) in [4.78, 5) is 31.7. The molecule has 0 fully saturated rings. The van der Waals surface area contributed by atoms with Gasteiger partial charge < -0.3 is 24.8 Å². The number of benzene rings is 2. The van der Waals surface area contributed by atoms with Crippen LogP contribution in [-0.4, -0.2) is 102 Å². The highest BCUT2D eigenvalue weighted by Crippen LogP contribution is 2.47. The van der Waals surface area contributed by atoms with Crippen LogP contribution in [-0.2, 0) is 6.61 Å². The summed E-state index contributed by atoms with van der Waals surface area (Å²) in [6.45, 7) is 5.63. The van der Waals surface area contributed by atoms with Gasteiger partial charge in [-0.3, -0.25) is 14.6 Å². The van der Waals surface area contributed by atoms with Crippen LogP contribution < -0.4 is 19.9 Å². The van der Waals surface area contributed by atoms with E-state index in [1.54, 1.807) is 30.1 Å². The first-order valence-corrected chi connectivity index (χ1v) is 14.5. The van der Waals surface area contributed by atoms with Gasteiger partial charge in [0.25, 0.3) is 5.91 Å². The number of aromatic nitrogens is 3. The molecule has 0 unspecified atom stereocenters. The van der Waals surface area contributed by atoms with E-state index in [2.05, 4.69) is 4.98 Å². The standard InChI is InChI=1S/C30H24B6ClN5O5/c1-28(2,3)41(4)27(44)24-21-13-45-22-10-23(47-30(34,35)36)19(14-5-15(26(38)43)12-39-11-14)9-20(22)25(21)42(40-24)17-6-16(37)7-18(8-17)46-29(31,32)33/h5-12H,13H2,1-4H3,(H2,38,43). The van der Waals surface area contributed by atoms with E-state index in [4.69, 9.17) is 83.7 Å². The van der Waals surface area contributed by atoms with Crippen LogP contribution in [0.5, 0.6) is 17.2 Å². The van der Waals surface area contributed by atoms with Crippen molar-refractivity contribution in [1.82, 2.24) is 19.7 Å². The summed E-state index contributed by atoms with van der Waals surface area (Å²) in [5.41, 5.74) is 7.80. The third-order valence-electron chi connectivity index (χ3n) is 7.22. The SMILES string of the molecule is [B]C([B])([B])Oc1cc(Cl)cc(-n2nc(C(=O)N(C)C(C)(C)C)c3c2-c2cc(-c4cncc(C(N)=O)c4)c(OC([B])([B])[B])cc2OC3)c1. The fourth-order valence-electron chi connectivity index (χ4n) is 4.86. The molecule has 1 aliphatic heterocycles. The van der Waals surface area contributed by atoms with Gasteiger partial charge in [-0.2, -0.15) is 5.10 Å². The van der Waals surface area contributed by atoms with Crippen LogP contribution in [0.3, 0.4) is 0 Å². The zero-order chi connectivity index (χ0) is 34.6. The summed E-state index contributed by atoms with van der Waals surface area (Å²) in [5, 5.41) is 0.912. The Kier molecular flexibility index (Phi) is 8.81. The first-order valence-electron chi connectivity index (χ1n) is 14.1. The lowest BCUT2D eigenvalue weighted by Gasteiger charge is -2.31. The Labute approximate surface area is 285 Å². The van der Waals surface area contributed by atoms with Crippen molar-refractivity contribution in [2.75, 3.05) is 7.05 Å². The van der Waals surface area contributed by atoms with Crippen LogP contribution in [0.15, 0.2) is 48.8 Å². The van der Waals surface area contributed by atoms with Gasteiger partial charge in [-0.05, 0) is 55.6 Å². The highest BCUT2D eigenvalue weighted by molar-refractivity contribution is 6.58. The first-order chi connectivity index (χ1) is 21.7. The summed E-state index contributed by atoms with van der Waals surface area (Å²) >= 11 is 6.48. The molecule has 47 heavy (non-hydrogen) atoms. The number of rotatable bonds is 8. The molecule has 2 aromatic heterocycles. The summed E-state index contributed by atoms with van der Waals surface area (Å²) in [5.74, 6) is -0.495. The van der Waals surface area contributed by atoms with Gasteiger partial charge in [-0.25, -0.2) is 4.68 Å². The van der Waals surface area contributed by atoms with Crippen LogP contribution in [0, 0.1) is 0 Å². The molecule has 2 N–H and O–H groups in total. The number of carbonyl (C=O) groups is 2. The number of pyridine rings is 1. The van der Waals surface area contributed by atoms with Crippen molar-refractivity contribution in [3.8, 4) is 45.3 Å². The van der Waals surface area contributed by atoms with Crippen LogP contribution >= 0.6 is 11.6 Å². The lowest BCUT2D eigenvalue weighted by atomic mass is 9.52. The normalized spacial score (nSPS) is 12.8. The van der Waals surface area contributed by atoms with E-state index in [0.717, 1.165) is 0 Å². The van der Waals surface area contributed by atoms with Gasteiger partial charge in [0, 0.05) is 64.4 Å². The van der Waals surface area contributed by atoms with Gasteiger partial charge in [-0.1, -0.05) is 11.6 Å². The number of primary amides is 1. The summed E-state index contributed by atoms with van der Waals surface area (Å²) in [6, 6.07) is 9.37. The van der Waals surface area contributed by atoms with E-state index in [1.165, 1.54) is 35.3 Å². The molecule has 0 saturated heterocycles. The Hall–Kier alpha value is -4.18. The quantitative estimate of drug-likeness (QED) is 0.295. The molecule has 2 amide bonds. The molecule has 3 heterocycles. The minimum absolute atomic E-state index is 0.0562. The van der Waals surface area contributed by atoms with E-state index in [-0.39, 0.29) is 40.3 Å². The molecular weight excluding hydrogens is 611 g/mol. The topological polar surface area (TPSA) is 122 Å². The van der Waals surface area contributed by atoms with Gasteiger partial charge >= 0.3 is 0 Å². The number of amides is 2. The smallest absolute Gasteiger partial charge is 0.274 e. The molecule has 0 aliphatic carbocycles. The molecule has 0 atom stereocenters. The molecule has 0 spiro atoms. The Morgan fingerprint density at radius 2 is 1.64 bits per heavy atom. The summed E-state index contributed by atoms with van der Waals surface area (Å²) < 4.78 is 18.9. The monoisotopic (exact) mass is 635 g/mol. The second-order valence-corrected chi connectivity index (χ2v) is 12.6. The third-order valence-corrected chi connectivity index (χ3v) is 7.44. The lowest BCUT2D eigenvalue weighted by molar-refractivity contribution is 0.0646. The molecule has 0 saturated carbocycles. The number of nitrogens with zero attached hydrogens (tertiary/aromatic N) is 4. The average Bonchev–Trinajstić information content (AvgIpc) is 3.33. The van der Waals surface area contributed by atoms with Gasteiger partial charge in [0.05, 0.1) is 16.9 Å². The van der Waals surface area contributed by atoms with Crippen LogP contribution in [0.4, 0.5) is 0 Å². The number of nitrogens with two attached hydrogens (primary N) is 1. The zero-order valence-corrected chi connectivity index (χ0v) is 26.8. The van der Waals surface area contributed by atoms with Crippen molar-refractivity contribution in [1.29, 1.82) is 0 Å². The summed E-state index contributed by atoms with van der Waals surface area (Å²) in [6.07, 6.45) is 2.81. The third kappa shape index (κ3) is 7.38. The number of carbonyl (C=O) groups excluding carboxylic acids is 2. The van der Waals surface area contributed by atoms with Crippen molar-refractivity contribution in [3.63, 3.8) is 0 Å². The van der Waals surface area contributed by atoms with Gasteiger partial charge in [0.15, 0.2) is 5.69 Å².